The first kappa shape index (κ1) is 15.0. The van der Waals surface area contributed by atoms with Gasteiger partial charge in [-0.15, -0.1) is 0 Å². The molecule has 0 aliphatic heterocycles. The summed E-state index contributed by atoms with van der Waals surface area (Å²) in [7, 11) is 4.65. The molecule has 0 aromatic rings. The molecule has 0 amide bonds. The normalized spacial score (nSPS) is 25.8. The van der Waals surface area contributed by atoms with E-state index in [2.05, 4.69) is 37.7 Å². The number of rotatable bonds is 7. The summed E-state index contributed by atoms with van der Waals surface area (Å²) in [6.45, 7) is 7.10. The molecule has 2 heteroatoms. The van der Waals surface area contributed by atoms with Gasteiger partial charge in [-0.05, 0) is 52.9 Å². The predicted octanol–water partition coefficient (Wildman–Crippen LogP) is 3.37. The molecule has 0 spiro atoms. The minimum atomic E-state index is 0.797. The van der Waals surface area contributed by atoms with Crippen LogP contribution in [0.4, 0.5) is 0 Å². The van der Waals surface area contributed by atoms with E-state index in [1.54, 1.807) is 0 Å². The van der Waals surface area contributed by atoms with Crippen molar-refractivity contribution in [1.29, 1.82) is 0 Å². The van der Waals surface area contributed by atoms with Crippen molar-refractivity contribution in [2.75, 3.05) is 27.2 Å². The lowest BCUT2D eigenvalue weighted by molar-refractivity contribution is 0.0769. The third kappa shape index (κ3) is 4.59. The van der Waals surface area contributed by atoms with Crippen molar-refractivity contribution in [3.8, 4) is 0 Å². The highest BCUT2D eigenvalue weighted by molar-refractivity contribution is 4.87. The zero-order chi connectivity index (χ0) is 12.7. The molecular formula is C15H32N2. The molecule has 1 saturated carbocycles. The van der Waals surface area contributed by atoms with E-state index < -0.39 is 0 Å². The van der Waals surface area contributed by atoms with Crippen LogP contribution in [0.25, 0.3) is 0 Å². The average molecular weight is 240 g/mol. The van der Waals surface area contributed by atoms with Crippen LogP contribution in [0.3, 0.4) is 0 Å². The Morgan fingerprint density at radius 3 is 1.82 bits per heavy atom. The summed E-state index contributed by atoms with van der Waals surface area (Å²) in [5.41, 5.74) is 0. The molecule has 102 valence electrons. The second kappa shape index (κ2) is 8.10. The van der Waals surface area contributed by atoms with Gasteiger partial charge < -0.3 is 9.80 Å². The lowest BCUT2D eigenvalue weighted by Crippen LogP contribution is -2.51. The van der Waals surface area contributed by atoms with Gasteiger partial charge in [-0.1, -0.05) is 33.1 Å². The van der Waals surface area contributed by atoms with Crippen molar-refractivity contribution in [3.05, 3.63) is 0 Å². The molecule has 0 saturated heterocycles. The van der Waals surface area contributed by atoms with Crippen LogP contribution in [-0.2, 0) is 0 Å². The van der Waals surface area contributed by atoms with Crippen LogP contribution in [-0.4, -0.2) is 49.1 Å². The number of hydrogen-bond acceptors (Lipinski definition) is 2. The van der Waals surface area contributed by atoms with Crippen LogP contribution in [0.5, 0.6) is 0 Å². The van der Waals surface area contributed by atoms with E-state index in [1.807, 2.05) is 0 Å². The van der Waals surface area contributed by atoms with Crippen molar-refractivity contribution in [1.82, 2.24) is 9.80 Å². The molecular weight excluding hydrogens is 208 g/mol. The van der Waals surface area contributed by atoms with Crippen LogP contribution in [0.2, 0.25) is 0 Å². The van der Waals surface area contributed by atoms with Gasteiger partial charge >= 0.3 is 0 Å². The lowest BCUT2D eigenvalue weighted by Gasteiger charge is -2.42. The fourth-order valence-corrected chi connectivity index (χ4v) is 3.21. The Labute approximate surface area is 108 Å². The highest BCUT2D eigenvalue weighted by atomic mass is 15.2. The molecule has 1 fully saturated rings. The van der Waals surface area contributed by atoms with Crippen molar-refractivity contribution < 1.29 is 0 Å². The van der Waals surface area contributed by atoms with Crippen LogP contribution >= 0.6 is 0 Å². The third-order valence-corrected chi connectivity index (χ3v) is 4.27. The van der Waals surface area contributed by atoms with Crippen LogP contribution < -0.4 is 0 Å². The molecule has 1 rings (SSSR count). The third-order valence-electron chi connectivity index (χ3n) is 4.27. The van der Waals surface area contributed by atoms with Crippen molar-refractivity contribution in [2.24, 2.45) is 0 Å². The summed E-state index contributed by atoms with van der Waals surface area (Å²) in [6, 6.07) is 1.59. The van der Waals surface area contributed by atoms with Gasteiger partial charge in [0.15, 0.2) is 0 Å². The summed E-state index contributed by atoms with van der Waals surface area (Å²) in [5, 5.41) is 0. The van der Waals surface area contributed by atoms with Gasteiger partial charge in [0.1, 0.15) is 0 Å². The van der Waals surface area contributed by atoms with E-state index in [0.717, 1.165) is 12.1 Å². The minimum absolute atomic E-state index is 0.797. The van der Waals surface area contributed by atoms with Crippen LogP contribution in [0.1, 0.15) is 58.8 Å². The number of hydrogen-bond donors (Lipinski definition) is 0. The quantitative estimate of drug-likeness (QED) is 0.673. The largest absolute Gasteiger partial charge is 0.302 e. The Morgan fingerprint density at radius 1 is 0.824 bits per heavy atom. The number of nitrogens with zero attached hydrogens (tertiary/aromatic N) is 2. The van der Waals surface area contributed by atoms with Gasteiger partial charge in [0.2, 0.25) is 0 Å². The van der Waals surface area contributed by atoms with Gasteiger partial charge in [0.05, 0.1) is 0 Å². The van der Waals surface area contributed by atoms with Crippen molar-refractivity contribution in [3.63, 3.8) is 0 Å². The summed E-state index contributed by atoms with van der Waals surface area (Å²) >= 11 is 0. The average Bonchev–Trinajstić information content (AvgIpc) is 2.36. The molecule has 0 aromatic heterocycles. The summed E-state index contributed by atoms with van der Waals surface area (Å²) in [5.74, 6) is 0. The first-order chi connectivity index (χ1) is 8.20. The molecule has 0 N–H and O–H groups in total. The summed E-state index contributed by atoms with van der Waals surface area (Å²) in [4.78, 5) is 5.23. The highest BCUT2D eigenvalue weighted by Crippen LogP contribution is 2.26. The van der Waals surface area contributed by atoms with Gasteiger partial charge in [-0.25, -0.2) is 0 Å². The van der Waals surface area contributed by atoms with Gasteiger partial charge in [0, 0.05) is 12.1 Å². The molecule has 0 aromatic carbocycles. The van der Waals surface area contributed by atoms with E-state index in [1.165, 1.54) is 58.0 Å². The zero-order valence-corrected chi connectivity index (χ0v) is 12.4. The molecule has 1 aliphatic carbocycles. The van der Waals surface area contributed by atoms with E-state index in [0.29, 0.717) is 0 Å². The second-order valence-corrected chi connectivity index (χ2v) is 5.73. The van der Waals surface area contributed by atoms with Gasteiger partial charge in [-0.2, -0.15) is 0 Å². The van der Waals surface area contributed by atoms with E-state index >= 15 is 0 Å². The maximum absolute atomic E-state index is 2.62. The van der Waals surface area contributed by atoms with E-state index in [9.17, 15) is 0 Å². The zero-order valence-electron chi connectivity index (χ0n) is 12.4. The molecule has 0 bridgehead atoms. The van der Waals surface area contributed by atoms with Gasteiger partial charge in [0.25, 0.3) is 0 Å². The molecule has 2 nitrogen and oxygen atoms in total. The minimum Gasteiger partial charge on any atom is -0.302 e. The maximum Gasteiger partial charge on any atom is 0.0248 e. The Hall–Kier alpha value is -0.0800. The Morgan fingerprint density at radius 2 is 1.35 bits per heavy atom. The standard InChI is InChI=1S/C15H32N2/c1-5-7-13-17(4)15-11-9-8-10-14(15)16(3)12-6-2/h14-15H,5-13H2,1-4H3/t14-,15?/m0/s1. The van der Waals surface area contributed by atoms with Crippen LogP contribution in [0.15, 0.2) is 0 Å². The fraction of sp³-hybridized carbons (Fsp3) is 1.00. The molecule has 2 atom stereocenters. The first-order valence-electron chi connectivity index (χ1n) is 7.61. The van der Waals surface area contributed by atoms with E-state index in [4.69, 9.17) is 0 Å². The summed E-state index contributed by atoms with van der Waals surface area (Å²) in [6.07, 6.45) is 9.59. The predicted molar refractivity (Wildman–Crippen MR) is 76.5 cm³/mol. The van der Waals surface area contributed by atoms with E-state index in [-0.39, 0.29) is 0 Å². The Balaban J connectivity index is 2.52. The summed E-state index contributed by atoms with van der Waals surface area (Å²) < 4.78 is 0. The monoisotopic (exact) mass is 240 g/mol. The van der Waals surface area contributed by atoms with Crippen molar-refractivity contribution in [2.45, 2.75) is 70.9 Å². The Bertz CT molecular complexity index is 193. The van der Waals surface area contributed by atoms with Crippen LogP contribution in [0, 0.1) is 0 Å². The second-order valence-electron chi connectivity index (χ2n) is 5.73. The molecule has 1 unspecified atom stereocenters. The highest BCUT2D eigenvalue weighted by Gasteiger charge is 2.30. The molecule has 0 heterocycles. The lowest BCUT2D eigenvalue weighted by atomic mass is 9.88. The topological polar surface area (TPSA) is 6.48 Å². The molecule has 17 heavy (non-hydrogen) atoms. The Kier molecular flexibility index (Phi) is 7.14. The van der Waals surface area contributed by atoms with Crippen molar-refractivity contribution >= 4 is 0 Å². The number of unbranched alkanes of at least 4 members (excludes halogenated alkanes) is 1. The molecule has 1 aliphatic rings. The fourth-order valence-electron chi connectivity index (χ4n) is 3.21. The van der Waals surface area contributed by atoms with Gasteiger partial charge in [-0.3, -0.25) is 0 Å². The maximum atomic E-state index is 2.62. The molecule has 0 radical (unpaired) electrons. The number of likely N-dealkylation sites (N-methyl/N-ethyl adjacent to an activating group) is 2. The first-order valence-corrected chi connectivity index (χ1v) is 7.61. The smallest absolute Gasteiger partial charge is 0.0248 e. The SMILES string of the molecule is CCCCN(C)C1CCCC[C@@H]1N(C)CCC.